The number of aryl methyl sites for hydroxylation is 3. The van der Waals surface area contributed by atoms with E-state index in [0.717, 1.165) is 78.9 Å². The van der Waals surface area contributed by atoms with E-state index >= 15 is 0 Å². The van der Waals surface area contributed by atoms with E-state index < -0.39 is 12.2 Å². The van der Waals surface area contributed by atoms with Crippen LogP contribution in [0.3, 0.4) is 0 Å². The number of anilines is 1. The number of amides is 4. The van der Waals surface area contributed by atoms with Crippen molar-refractivity contribution in [1.82, 2.24) is 33.6 Å². The molecule has 0 radical (unpaired) electrons. The summed E-state index contributed by atoms with van der Waals surface area (Å²) >= 11 is 0. The summed E-state index contributed by atoms with van der Waals surface area (Å²) in [5.74, 6) is -0.407. The summed E-state index contributed by atoms with van der Waals surface area (Å²) in [6.07, 6.45) is 2.20. The first kappa shape index (κ1) is 39.3. The van der Waals surface area contributed by atoms with E-state index in [9.17, 15) is 24.0 Å². The molecule has 2 aromatic carbocycles. The molecule has 7 rings (SSSR count). The number of fused-ring (bicyclic) bond motifs is 2. The van der Waals surface area contributed by atoms with Crippen molar-refractivity contribution in [2.24, 2.45) is 14.1 Å². The number of hydrogen-bond donors (Lipinski definition) is 1. The third-order valence-corrected chi connectivity index (χ3v) is 12.2. The number of imidazole rings is 1. The van der Waals surface area contributed by atoms with E-state index in [0.29, 0.717) is 64.8 Å². The zero-order chi connectivity index (χ0) is 39.5. The van der Waals surface area contributed by atoms with Gasteiger partial charge in [0.15, 0.2) is 6.10 Å². The fraction of sp³-hybridized carbons (Fsp3) is 0.585. The van der Waals surface area contributed by atoms with Crippen molar-refractivity contribution in [3.63, 3.8) is 0 Å². The Kier molecular flexibility index (Phi) is 12.0. The number of piperazine rings is 1. The minimum Gasteiger partial charge on any atom is -0.465 e. The van der Waals surface area contributed by atoms with Crippen molar-refractivity contribution in [3.8, 4) is 0 Å². The molecule has 0 aliphatic carbocycles. The molecule has 15 heteroatoms. The van der Waals surface area contributed by atoms with E-state index in [-0.39, 0.29) is 36.1 Å². The predicted molar refractivity (Wildman–Crippen MR) is 212 cm³/mol. The van der Waals surface area contributed by atoms with Gasteiger partial charge in [-0.3, -0.25) is 28.5 Å². The van der Waals surface area contributed by atoms with Crippen LogP contribution in [0, 0.1) is 6.92 Å². The Balaban J connectivity index is 0.999. The van der Waals surface area contributed by atoms with Gasteiger partial charge in [0.1, 0.15) is 0 Å². The van der Waals surface area contributed by atoms with Crippen LogP contribution in [0.4, 0.5) is 15.3 Å². The minimum atomic E-state index is -1.05. The second-order valence-corrected chi connectivity index (χ2v) is 15.7. The number of benzene rings is 2. The lowest BCUT2D eigenvalue weighted by Crippen LogP contribution is -2.55. The number of nitrogens with one attached hydrogen (secondary N) is 1. The number of rotatable bonds is 9. The van der Waals surface area contributed by atoms with Gasteiger partial charge < -0.3 is 29.5 Å². The number of para-hydroxylation sites is 1. The zero-order valence-corrected chi connectivity index (χ0v) is 33.2. The minimum absolute atomic E-state index is 0.0140. The molecule has 0 bridgehead atoms. The number of carbonyl (C=O) groups is 4. The average Bonchev–Trinajstić information content (AvgIpc) is 3.31. The van der Waals surface area contributed by atoms with Gasteiger partial charge in [0, 0.05) is 97.2 Å². The molecule has 0 spiro atoms. The highest BCUT2D eigenvalue weighted by atomic mass is 16.6. The molecule has 3 aromatic rings. The molecule has 5 heterocycles. The normalized spacial score (nSPS) is 19.7. The molecule has 1 N–H and O–H groups in total. The second kappa shape index (κ2) is 17.1. The van der Waals surface area contributed by atoms with Crippen LogP contribution < -0.4 is 11.0 Å². The summed E-state index contributed by atoms with van der Waals surface area (Å²) in [5.41, 5.74) is 5.12. The Labute approximate surface area is 328 Å². The molecule has 15 nitrogen and oxygen atoms in total. The fourth-order valence-corrected chi connectivity index (χ4v) is 9.09. The first-order chi connectivity index (χ1) is 27.0. The van der Waals surface area contributed by atoms with Gasteiger partial charge in [-0.2, -0.15) is 0 Å². The second-order valence-electron chi connectivity index (χ2n) is 15.7. The summed E-state index contributed by atoms with van der Waals surface area (Å²) < 4.78 is 14.5. The van der Waals surface area contributed by atoms with Crippen molar-refractivity contribution in [1.29, 1.82) is 0 Å². The van der Waals surface area contributed by atoms with Crippen molar-refractivity contribution < 1.29 is 28.7 Å². The maximum absolute atomic E-state index is 14.4. The Morgan fingerprint density at radius 1 is 0.839 bits per heavy atom. The summed E-state index contributed by atoms with van der Waals surface area (Å²) in [6.45, 7) is 10.3. The molecule has 3 saturated heterocycles. The summed E-state index contributed by atoms with van der Waals surface area (Å²) in [6, 6.07) is 11.9. The van der Waals surface area contributed by atoms with Crippen molar-refractivity contribution in [2.45, 2.75) is 70.6 Å². The largest absolute Gasteiger partial charge is 0.465 e. The molecule has 0 unspecified atom stereocenters. The number of urea groups is 1. The number of ether oxygens (including phenoxy) is 2. The van der Waals surface area contributed by atoms with E-state index in [1.54, 1.807) is 28.1 Å². The summed E-state index contributed by atoms with van der Waals surface area (Å²) in [7, 11) is 3.48. The molecule has 1 atom stereocenters. The predicted octanol–water partition coefficient (Wildman–Crippen LogP) is 2.96. The standard InChI is InChI=1S/C41H56N8O7/c1-5-55-36(50)27-45-20-22-46(23-21-45)31-11-15-47(16-12-31)38(51)35(26-29-24-28(2)37-34(25-29)43(3)40(53)44(37)4)56-41(54)48-17-13-32(14-18-48)49-19-10-30-8-6-7-9-33(30)42-39(49)52/h6-9,24-25,31-32,35H,5,10-23,26-27H2,1-4H3,(H,42,52)/t35-/m1/s1. The average molecular weight is 773 g/mol. The van der Waals surface area contributed by atoms with Crippen LogP contribution in [-0.4, -0.2) is 148 Å². The first-order valence-corrected chi connectivity index (χ1v) is 20.2. The van der Waals surface area contributed by atoms with E-state index in [1.807, 2.05) is 60.0 Å². The maximum Gasteiger partial charge on any atom is 0.410 e. The van der Waals surface area contributed by atoms with Crippen LogP contribution in [0.25, 0.3) is 11.0 Å². The van der Waals surface area contributed by atoms with Crippen LogP contribution in [0.1, 0.15) is 49.3 Å². The molecular formula is C41H56N8O7. The molecule has 0 saturated carbocycles. The van der Waals surface area contributed by atoms with Gasteiger partial charge in [-0.1, -0.05) is 24.3 Å². The third kappa shape index (κ3) is 8.43. The molecule has 4 amide bonds. The van der Waals surface area contributed by atoms with Gasteiger partial charge in [0.2, 0.25) is 0 Å². The fourth-order valence-electron chi connectivity index (χ4n) is 9.09. The Morgan fingerprint density at radius 3 is 2.23 bits per heavy atom. The maximum atomic E-state index is 14.4. The molecular weight excluding hydrogens is 716 g/mol. The smallest absolute Gasteiger partial charge is 0.410 e. The number of aromatic nitrogens is 2. The molecule has 1 aromatic heterocycles. The monoisotopic (exact) mass is 772 g/mol. The molecule has 302 valence electrons. The van der Waals surface area contributed by atoms with Crippen LogP contribution in [0.5, 0.6) is 0 Å². The molecule has 56 heavy (non-hydrogen) atoms. The van der Waals surface area contributed by atoms with Crippen molar-refractivity contribution in [2.75, 3.05) is 77.4 Å². The zero-order valence-electron chi connectivity index (χ0n) is 33.2. The van der Waals surface area contributed by atoms with E-state index in [2.05, 4.69) is 15.1 Å². The van der Waals surface area contributed by atoms with E-state index in [4.69, 9.17) is 9.47 Å². The van der Waals surface area contributed by atoms with Crippen LogP contribution in [0.15, 0.2) is 41.2 Å². The Hall–Kier alpha value is -4.89. The third-order valence-electron chi connectivity index (χ3n) is 12.2. The lowest BCUT2D eigenvalue weighted by atomic mass is 9.99. The van der Waals surface area contributed by atoms with Crippen molar-refractivity contribution >= 4 is 40.7 Å². The number of likely N-dealkylation sites (tertiary alicyclic amines) is 2. The Morgan fingerprint density at radius 2 is 1.52 bits per heavy atom. The van der Waals surface area contributed by atoms with Gasteiger partial charge in [-0.05, 0) is 74.8 Å². The molecule has 4 aliphatic heterocycles. The van der Waals surface area contributed by atoms with Gasteiger partial charge >= 0.3 is 23.8 Å². The number of hydrogen-bond acceptors (Lipinski definition) is 9. The lowest BCUT2D eigenvalue weighted by Gasteiger charge is -2.43. The highest BCUT2D eigenvalue weighted by Crippen LogP contribution is 2.27. The van der Waals surface area contributed by atoms with Crippen molar-refractivity contribution in [3.05, 3.63) is 63.6 Å². The number of piperidine rings is 2. The quantitative estimate of drug-likeness (QED) is 0.325. The van der Waals surface area contributed by atoms with Gasteiger partial charge in [0.25, 0.3) is 5.91 Å². The van der Waals surface area contributed by atoms with Gasteiger partial charge in [-0.25, -0.2) is 14.4 Å². The SMILES string of the molecule is CCOC(=O)CN1CCN(C2CCN(C(=O)[C@@H](Cc3cc(C)c4c(c3)n(C)c(=O)n4C)OC(=O)N3CCC(N4CCc5ccccc5NC4=O)CC3)CC2)CC1. The van der Waals surface area contributed by atoms with Gasteiger partial charge in [-0.15, -0.1) is 0 Å². The summed E-state index contributed by atoms with van der Waals surface area (Å²) in [5, 5.41) is 3.05. The van der Waals surface area contributed by atoms with Crippen LogP contribution in [0.2, 0.25) is 0 Å². The van der Waals surface area contributed by atoms with Crippen LogP contribution in [-0.2, 0) is 46.0 Å². The van der Waals surface area contributed by atoms with E-state index in [1.165, 1.54) is 0 Å². The topological polar surface area (TPSA) is 142 Å². The van der Waals surface area contributed by atoms with Gasteiger partial charge in [0.05, 0.1) is 24.2 Å². The van der Waals surface area contributed by atoms with Crippen LogP contribution >= 0.6 is 0 Å². The molecule has 4 aliphatic rings. The lowest BCUT2D eigenvalue weighted by molar-refractivity contribution is -0.145. The Bertz CT molecular complexity index is 1990. The first-order valence-electron chi connectivity index (χ1n) is 20.2. The molecule has 3 fully saturated rings. The number of nitrogens with zero attached hydrogens (tertiary/aromatic N) is 7. The number of carbonyl (C=O) groups excluding carboxylic acids is 4. The highest BCUT2D eigenvalue weighted by molar-refractivity contribution is 5.91. The highest BCUT2D eigenvalue weighted by Gasteiger charge is 2.37. The summed E-state index contributed by atoms with van der Waals surface area (Å²) in [4.78, 5) is 76.1. The number of esters is 1.